The van der Waals surface area contributed by atoms with Gasteiger partial charge in [0.05, 0.1) is 6.61 Å². The third-order valence-electron chi connectivity index (χ3n) is 3.27. The van der Waals surface area contributed by atoms with Crippen LogP contribution >= 0.6 is 11.6 Å². The first-order chi connectivity index (χ1) is 9.19. The van der Waals surface area contributed by atoms with Crippen LogP contribution in [0.4, 0.5) is 4.39 Å². The van der Waals surface area contributed by atoms with Gasteiger partial charge in [-0.05, 0) is 24.0 Å². The molecule has 0 aliphatic rings. The summed E-state index contributed by atoms with van der Waals surface area (Å²) in [5.41, 5.74) is -0.144. The molecule has 114 valence electrons. The summed E-state index contributed by atoms with van der Waals surface area (Å²) in [4.78, 5) is -0.537. The number of sulfonamides is 1. The number of rotatable bonds is 6. The van der Waals surface area contributed by atoms with Gasteiger partial charge in [-0.1, -0.05) is 32.4 Å². The molecule has 0 amide bonds. The molecule has 1 rings (SSSR count). The van der Waals surface area contributed by atoms with Gasteiger partial charge < -0.3 is 5.11 Å². The zero-order valence-corrected chi connectivity index (χ0v) is 13.2. The predicted octanol–water partition coefficient (Wildman–Crippen LogP) is 2.54. The molecule has 0 aromatic heterocycles. The van der Waals surface area contributed by atoms with Crippen LogP contribution in [0.5, 0.6) is 0 Å². The molecule has 4 nitrogen and oxygen atoms in total. The Morgan fingerprint density at radius 3 is 2.45 bits per heavy atom. The standard InChI is InChI=1S/C13H19ClFNO3S/c1-8(2)9(3)6-16-20(18,19)12-5-11(14)4-10(7-17)13(12)15/h4-5,8-9,16-17H,6-7H2,1-3H3. The summed E-state index contributed by atoms with van der Waals surface area (Å²) in [6.45, 7) is 5.45. The van der Waals surface area contributed by atoms with E-state index in [0.717, 1.165) is 6.07 Å². The molecular formula is C13H19ClFNO3S. The van der Waals surface area contributed by atoms with Gasteiger partial charge >= 0.3 is 0 Å². The third-order valence-corrected chi connectivity index (χ3v) is 4.91. The Balaban J connectivity index is 3.07. The van der Waals surface area contributed by atoms with Crippen LogP contribution in [0.25, 0.3) is 0 Å². The summed E-state index contributed by atoms with van der Waals surface area (Å²) >= 11 is 5.75. The second-order valence-corrected chi connectivity index (χ2v) is 7.28. The fraction of sp³-hybridized carbons (Fsp3) is 0.538. The molecule has 1 atom stereocenters. The van der Waals surface area contributed by atoms with Crippen LogP contribution in [0.1, 0.15) is 26.3 Å². The number of aliphatic hydroxyl groups is 1. The highest BCUT2D eigenvalue weighted by Gasteiger charge is 2.23. The number of nitrogens with one attached hydrogen (secondary N) is 1. The Kier molecular flexibility index (Phi) is 5.94. The van der Waals surface area contributed by atoms with E-state index in [2.05, 4.69) is 4.72 Å². The van der Waals surface area contributed by atoms with Crippen LogP contribution in [0, 0.1) is 17.7 Å². The molecule has 0 fully saturated rings. The lowest BCUT2D eigenvalue weighted by molar-refractivity contribution is 0.274. The maximum absolute atomic E-state index is 14.0. The molecule has 0 bridgehead atoms. The van der Waals surface area contributed by atoms with E-state index in [-0.39, 0.29) is 23.0 Å². The molecule has 1 aromatic carbocycles. The summed E-state index contributed by atoms with van der Waals surface area (Å²) in [5.74, 6) is -0.555. The van der Waals surface area contributed by atoms with Crippen molar-refractivity contribution in [3.8, 4) is 0 Å². The van der Waals surface area contributed by atoms with Crippen LogP contribution < -0.4 is 4.72 Å². The summed E-state index contributed by atoms with van der Waals surface area (Å²) in [6.07, 6.45) is 0. The Morgan fingerprint density at radius 1 is 1.35 bits per heavy atom. The fourth-order valence-electron chi connectivity index (χ4n) is 1.48. The maximum atomic E-state index is 14.0. The summed E-state index contributed by atoms with van der Waals surface area (Å²) < 4.78 is 40.6. The average Bonchev–Trinajstić information content (AvgIpc) is 2.37. The van der Waals surface area contributed by atoms with Crippen molar-refractivity contribution in [2.24, 2.45) is 11.8 Å². The van der Waals surface area contributed by atoms with Crippen molar-refractivity contribution in [2.45, 2.75) is 32.3 Å². The molecular weight excluding hydrogens is 305 g/mol. The lowest BCUT2D eigenvalue weighted by atomic mass is 9.99. The van der Waals surface area contributed by atoms with Crippen molar-refractivity contribution in [3.05, 3.63) is 28.5 Å². The molecule has 0 spiro atoms. The van der Waals surface area contributed by atoms with Gasteiger partial charge in [0, 0.05) is 17.1 Å². The van der Waals surface area contributed by atoms with E-state index >= 15 is 0 Å². The number of halogens is 2. The van der Waals surface area contributed by atoms with Gasteiger partial charge in [-0.15, -0.1) is 0 Å². The van der Waals surface area contributed by atoms with Crippen molar-refractivity contribution < 1.29 is 17.9 Å². The van der Waals surface area contributed by atoms with E-state index in [4.69, 9.17) is 16.7 Å². The van der Waals surface area contributed by atoms with Crippen molar-refractivity contribution in [2.75, 3.05) is 6.54 Å². The molecule has 0 aliphatic heterocycles. The first-order valence-corrected chi connectivity index (χ1v) is 8.13. The Labute approximate surface area is 124 Å². The van der Waals surface area contributed by atoms with E-state index in [1.807, 2.05) is 20.8 Å². The first kappa shape index (κ1) is 17.4. The number of aliphatic hydroxyl groups excluding tert-OH is 1. The fourth-order valence-corrected chi connectivity index (χ4v) is 3.08. The first-order valence-electron chi connectivity index (χ1n) is 6.27. The molecule has 0 saturated carbocycles. The molecule has 20 heavy (non-hydrogen) atoms. The van der Waals surface area contributed by atoms with Crippen LogP contribution in [0.3, 0.4) is 0 Å². The summed E-state index contributed by atoms with van der Waals surface area (Å²) in [6, 6.07) is 2.24. The number of hydrogen-bond acceptors (Lipinski definition) is 3. The molecule has 0 aliphatic carbocycles. The van der Waals surface area contributed by atoms with Gasteiger partial charge in [-0.3, -0.25) is 0 Å². The second-order valence-electron chi connectivity index (χ2n) is 5.11. The van der Waals surface area contributed by atoms with E-state index < -0.39 is 27.3 Å². The van der Waals surface area contributed by atoms with Crippen LogP contribution in [0.2, 0.25) is 5.02 Å². The second kappa shape index (κ2) is 6.85. The Bertz CT molecular complexity index is 575. The quantitative estimate of drug-likeness (QED) is 0.845. The highest BCUT2D eigenvalue weighted by Crippen LogP contribution is 2.24. The van der Waals surface area contributed by atoms with Crippen molar-refractivity contribution in [3.63, 3.8) is 0 Å². The van der Waals surface area contributed by atoms with Crippen molar-refractivity contribution >= 4 is 21.6 Å². The zero-order chi connectivity index (χ0) is 15.5. The number of hydrogen-bond donors (Lipinski definition) is 2. The highest BCUT2D eigenvalue weighted by atomic mass is 35.5. The lowest BCUT2D eigenvalue weighted by Gasteiger charge is -2.17. The molecule has 0 radical (unpaired) electrons. The minimum absolute atomic E-state index is 0.0627. The smallest absolute Gasteiger partial charge is 0.243 e. The van der Waals surface area contributed by atoms with Crippen molar-refractivity contribution in [1.29, 1.82) is 0 Å². The summed E-state index contributed by atoms with van der Waals surface area (Å²) in [5, 5.41) is 9.07. The summed E-state index contributed by atoms with van der Waals surface area (Å²) in [7, 11) is -4.00. The van der Waals surface area contributed by atoms with Crippen LogP contribution in [0.15, 0.2) is 17.0 Å². The third kappa shape index (κ3) is 4.15. The molecule has 7 heteroatoms. The molecule has 0 saturated heterocycles. The Morgan fingerprint density at radius 2 is 1.95 bits per heavy atom. The highest BCUT2D eigenvalue weighted by molar-refractivity contribution is 7.89. The average molecular weight is 324 g/mol. The van der Waals surface area contributed by atoms with Gasteiger partial charge in [0.1, 0.15) is 10.7 Å². The molecule has 2 N–H and O–H groups in total. The number of benzene rings is 1. The maximum Gasteiger partial charge on any atom is 0.243 e. The minimum atomic E-state index is -4.00. The molecule has 1 aromatic rings. The molecule has 0 heterocycles. The topological polar surface area (TPSA) is 66.4 Å². The van der Waals surface area contributed by atoms with E-state index in [0.29, 0.717) is 5.92 Å². The van der Waals surface area contributed by atoms with Gasteiger partial charge in [0.25, 0.3) is 0 Å². The van der Waals surface area contributed by atoms with E-state index in [1.54, 1.807) is 0 Å². The lowest BCUT2D eigenvalue weighted by Crippen LogP contribution is -2.31. The van der Waals surface area contributed by atoms with Crippen LogP contribution in [-0.4, -0.2) is 20.1 Å². The van der Waals surface area contributed by atoms with Crippen LogP contribution in [-0.2, 0) is 16.6 Å². The minimum Gasteiger partial charge on any atom is -0.392 e. The van der Waals surface area contributed by atoms with Gasteiger partial charge in [0.2, 0.25) is 10.0 Å². The Hall–Kier alpha value is -0.690. The largest absolute Gasteiger partial charge is 0.392 e. The van der Waals surface area contributed by atoms with E-state index in [1.165, 1.54) is 6.07 Å². The van der Waals surface area contributed by atoms with Crippen molar-refractivity contribution in [1.82, 2.24) is 4.72 Å². The van der Waals surface area contributed by atoms with Gasteiger partial charge in [-0.25, -0.2) is 17.5 Å². The SMILES string of the molecule is CC(C)C(C)CNS(=O)(=O)c1cc(Cl)cc(CO)c1F. The van der Waals surface area contributed by atoms with E-state index in [9.17, 15) is 12.8 Å². The molecule has 1 unspecified atom stereocenters. The predicted molar refractivity (Wildman–Crippen MR) is 76.5 cm³/mol. The monoisotopic (exact) mass is 323 g/mol. The normalized spacial score (nSPS) is 13.8. The van der Waals surface area contributed by atoms with Gasteiger partial charge in [-0.2, -0.15) is 0 Å². The van der Waals surface area contributed by atoms with Gasteiger partial charge in [0.15, 0.2) is 0 Å². The zero-order valence-electron chi connectivity index (χ0n) is 11.7.